The van der Waals surface area contributed by atoms with Gasteiger partial charge in [0.2, 0.25) is 0 Å². The molecule has 2 unspecified atom stereocenters. The van der Waals surface area contributed by atoms with Crippen LogP contribution >= 0.6 is 27.7 Å². The molecule has 0 saturated carbocycles. The fourth-order valence-electron chi connectivity index (χ4n) is 2.53. The lowest BCUT2D eigenvalue weighted by Crippen LogP contribution is -2.48. The van der Waals surface area contributed by atoms with E-state index in [0.29, 0.717) is 11.0 Å². The minimum Gasteiger partial charge on any atom is -0.309 e. The van der Waals surface area contributed by atoms with E-state index in [1.807, 2.05) is 25.7 Å². The number of nitrogens with one attached hydrogen (secondary N) is 1. The smallest absolute Gasteiger partial charge is 0.145 e. The zero-order valence-electron chi connectivity index (χ0n) is 11.6. The van der Waals surface area contributed by atoms with Gasteiger partial charge in [-0.25, -0.2) is 8.78 Å². The molecule has 0 spiro atoms. The number of thioether (sulfide) groups is 1. The molecule has 0 bridgehead atoms. The fraction of sp³-hybridized carbons (Fsp3) is 0.571. The van der Waals surface area contributed by atoms with Gasteiger partial charge in [-0.3, -0.25) is 4.90 Å². The molecule has 20 heavy (non-hydrogen) atoms. The first kappa shape index (κ1) is 16.2. The molecule has 0 radical (unpaired) electrons. The number of hydrogen-bond donors (Lipinski definition) is 1. The molecule has 1 aromatic rings. The highest BCUT2D eigenvalue weighted by molar-refractivity contribution is 9.10. The largest absolute Gasteiger partial charge is 0.309 e. The highest BCUT2D eigenvalue weighted by Gasteiger charge is 2.32. The van der Waals surface area contributed by atoms with Gasteiger partial charge in [0.1, 0.15) is 11.6 Å². The number of benzene rings is 1. The van der Waals surface area contributed by atoms with Crippen LogP contribution in [0.1, 0.15) is 18.5 Å². The van der Waals surface area contributed by atoms with Crippen molar-refractivity contribution in [3.8, 4) is 0 Å². The van der Waals surface area contributed by atoms with Crippen LogP contribution in [0.5, 0.6) is 0 Å². The summed E-state index contributed by atoms with van der Waals surface area (Å²) in [6.45, 7) is 3.57. The maximum Gasteiger partial charge on any atom is 0.145 e. The first-order valence-electron chi connectivity index (χ1n) is 6.71. The van der Waals surface area contributed by atoms with Gasteiger partial charge in [-0.15, -0.1) is 0 Å². The van der Waals surface area contributed by atoms with Crippen molar-refractivity contribution < 1.29 is 8.78 Å². The third-order valence-corrected chi connectivity index (χ3v) is 5.30. The number of nitrogens with zero attached hydrogens (tertiary/aromatic N) is 1. The Morgan fingerprint density at radius 3 is 2.90 bits per heavy atom. The van der Waals surface area contributed by atoms with E-state index in [4.69, 9.17) is 0 Å². The van der Waals surface area contributed by atoms with Crippen molar-refractivity contribution in [2.24, 2.45) is 0 Å². The number of halogens is 3. The van der Waals surface area contributed by atoms with Crippen molar-refractivity contribution in [1.29, 1.82) is 0 Å². The topological polar surface area (TPSA) is 15.3 Å². The van der Waals surface area contributed by atoms with E-state index in [-0.39, 0.29) is 17.6 Å². The molecule has 0 amide bonds. The summed E-state index contributed by atoms with van der Waals surface area (Å²) in [6.07, 6.45) is 0. The second-order valence-electron chi connectivity index (χ2n) is 4.92. The van der Waals surface area contributed by atoms with Crippen LogP contribution in [0.15, 0.2) is 16.6 Å². The van der Waals surface area contributed by atoms with Gasteiger partial charge < -0.3 is 5.32 Å². The molecule has 0 aliphatic carbocycles. The summed E-state index contributed by atoms with van der Waals surface area (Å²) < 4.78 is 28.8. The lowest BCUT2D eigenvalue weighted by Gasteiger charge is -2.38. The number of rotatable bonds is 4. The van der Waals surface area contributed by atoms with Crippen molar-refractivity contribution in [2.45, 2.75) is 19.0 Å². The predicted octanol–water partition coefficient (Wildman–Crippen LogP) is 3.43. The van der Waals surface area contributed by atoms with Crippen molar-refractivity contribution >= 4 is 27.7 Å². The molecule has 1 heterocycles. The minimum atomic E-state index is -0.500. The summed E-state index contributed by atoms with van der Waals surface area (Å²) in [6, 6.07) is 2.49. The van der Waals surface area contributed by atoms with Gasteiger partial charge in [-0.1, -0.05) is 6.92 Å². The van der Waals surface area contributed by atoms with E-state index >= 15 is 0 Å². The third-order valence-electron chi connectivity index (χ3n) is 3.64. The summed E-state index contributed by atoms with van der Waals surface area (Å²) in [5.74, 6) is 0.954. The average molecular weight is 365 g/mol. The highest BCUT2D eigenvalue weighted by Crippen LogP contribution is 2.32. The van der Waals surface area contributed by atoms with Gasteiger partial charge in [-0.2, -0.15) is 11.8 Å². The van der Waals surface area contributed by atoms with Crippen LogP contribution in [0, 0.1) is 11.6 Å². The predicted molar refractivity (Wildman–Crippen MR) is 84.2 cm³/mol. The lowest BCUT2D eigenvalue weighted by atomic mass is 9.97. The van der Waals surface area contributed by atoms with Crippen molar-refractivity contribution in [3.63, 3.8) is 0 Å². The Morgan fingerprint density at radius 1 is 1.50 bits per heavy atom. The number of likely N-dealkylation sites (N-methyl/N-ethyl adjacent to an activating group) is 2. The molecular weight excluding hydrogens is 346 g/mol. The Kier molecular flexibility index (Phi) is 5.84. The van der Waals surface area contributed by atoms with E-state index in [1.165, 1.54) is 12.1 Å². The Labute approximate surface area is 131 Å². The first-order valence-corrected chi connectivity index (χ1v) is 8.65. The second-order valence-corrected chi connectivity index (χ2v) is 6.92. The second kappa shape index (κ2) is 7.20. The maximum absolute atomic E-state index is 14.4. The Bertz CT molecular complexity index is 473. The molecule has 1 aromatic carbocycles. The first-order chi connectivity index (χ1) is 9.56. The van der Waals surface area contributed by atoms with Crippen LogP contribution in [-0.2, 0) is 0 Å². The standard InChI is InChI=1S/C14H19BrF2N2S/c1-3-18-14(11-8-20-7-6-19(11)2)12-10(16)5-4-9(15)13(12)17/h4-5,11,14,18H,3,6-8H2,1-2H3. The SMILES string of the molecule is CCNC(c1c(F)ccc(Br)c1F)C1CSCCN1C. The zero-order chi connectivity index (χ0) is 14.7. The molecule has 2 rings (SSSR count). The summed E-state index contributed by atoms with van der Waals surface area (Å²) >= 11 is 4.98. The summed E-state index contributed by atoms with van der Waals surface area (Å²) in [5, 5.41) is 3.25. The molecule has 1 aliphatic heterocycles. The van der Waals surface area contributed by atoms with Crippen LogP contribution in [0.2, 0.25) is 0 Å². The quantitative estimate of drug-likeness (QED) is 0.824. The molecule has 1 N–H and O–H groups in total. The lowest BCUT2D eigenvalue weighted by molar-refractivity contribution is 0.211. The molecule has 1 fully saturated rings. The van der Waals surface area contributed by atoms with Gasteiger partial charge >= 0.3 is 0 Å². The molecule has 0 aromatic heterocycles. The van der Waals surface area contributed by atoms with Crippen LogP contribution in [0.25, 0.3) is 0 Å². The van der Waals surface area contributed by atoms with Gasteiger partial charge in [0.05, 0.1) is 10.5 Å². The van der Waals surface area contributed by atoms with Gasteiger partial charge in [0.15, 0.2) is 0 Å². The summed E-state index contributed by atoms with van der Waals surface area (Å²) in [7, 11) is 2.02. The minimum absolute atomic E-state index is 0.0898. The van der Waals surface area contributed by atoms with Crippen LogP contribution in [-0.4, -0.2) is 42.6 Å². The Morgan fingerprint density at radius 2 is 2.25 bits per heavy atom. The Balaban J connectivity index is 2.40. The van der Waals surface area contributed by atoms with Crippen LogP contribution in [0.3, 0.4) is 0 Å². The molecule has 2 atom stereocenters. The van der Waals surface area contributed by atoms with Gasteiger partial charge in [0, 0.05) is 29.7 Å². The van der Waals surface area contributed by atoms with E-state index in [1.54, 1.807) is 0 Å². The molecular formula is C14H19BrF2N2S. The fourth-order valence-corrected chi connectivity index (χ4v) is 4.15. The van der Waals surface area contributed by atoms with Crippen molar-refractivity contribution in [3.05, 3.63) is 33.8 Å². The molecule has 2 nitrogen and oxygen atoms in total. The van der Waals surface area contributed by atoms with Gasteiger partial charge in [-0.05, 0) is 41.7 Å². The van der Waals surface area contributed by atoms with Crippen LogP contribution < -0.4 is 5.32 Å². The maximum atomic E-state index is 14.4. The molecule has 1 aliphatic rings. The number of hydrogen-bond acceptors (Lipinski definition) is 3. The monoisotopic (exact) mass is 364 g/mol. The van der Waals surface area contributed by atoms with E-state index in [2.05, 4.69) is 26.1 Å². The van der Waals surface area contributed by atoms with E-state index in [0.717, 1.165) is 18.1 Å². The average Bonchev–Trinajstić information content (AvgIpc) is 2.43. The summed E-state index contributed by atoms with van der Waals surface area (Å²) in [5.41, 5.74) is 0.139. The molecule has 6 heteroatoms. The van der Waals surface area contributed by atoms with Crippen LogP contribution in [0.4, 0.5) is 8.78 Å². The van der Waals surface area contributed by atoms with Crippen molar-refractivity contribution in [2.75, 3.05) is 31.6 Å². The third kappa shape index (κ3) is 3.35. The molecule has 112 valence electrons. The van der Waals surface area contributed by atoms with Gasteiger partial charge in [0.25, 0.3) is 0 Å². The normalized spacial score (nSPS) is 21.9. The zero-order valence-corrected chi connectivity index (χ0v) is 14.0. The highest BCUT2D eigenvalue weighted by atomic mass is 79.9. The van der Waals surface area contributed by atoms with Crippen molar-refractivity contribution in [1.82, 2.24) is 10.2 Å². The van der Waals surface area contributed by atoms with E-state index in [9.17, 15) is 8.78 Å². The molecule has 1 saturated heterocycles. The summed E-state index contributed by atoms with van der Waals surface area (Å²) in [4.78, 5) is 2.18. The Hall–Kier alpha value is -0.170. The van der Waals surface area contributed by atoms with E-state index < -0.39 is 11.6 Å².